The van der Waals surface area contributed by atoms with Gasteiger partial charge >= 0.3 is 0 Å². The monoisotopic (exact) mass is 360 g/mol. The highest BCUT2D eigenvalue weighted by atomic mass is 16.3. The van der Waals surface area contributed by atoms with Crippen molar-refractivity contribution < 1.29 is 9.90 Å². The molecule has 1 amide bonds. The molecular weight excluding hydrogens is 340 g/mol. The van der Waals surface area contributed by atoms with Gasteiger partial charge in [0.1, 0.15) is 0 Å². The van der Waals surface area contributed by atoms with Gasteiger partial charge in [-0.3, -0.25) is 9.89 Å². The summed E-state index contributed by atoms with van der Waals surface area (Å²) in [5, 5.41) is 26.4. The number of H-pyrrole nitrogens is 1. The highest BCUT2D eigenvalue weighted by Gasteiger charge is 2.28. The van der Waals surface area contributed by atoms with E-state index in [1.807, 2.05) is 37.3 Å². The van der Waals surface area contributed by atoms with Gasteiger partial charge in [0, 0.05) is 18.5 Å². The minimum absolute atomic E-state index is 0.0330. The number of aryl methyl sites for hydroxylation is 1. The van der Waals surface area contributed by atoms with Crippen LogP contribution in [0.15, 0.2) is 36.5 Å². The SMILES string of the molecule is Cc1ccc(CO)cc1-c1cc(C(=O)N2CCC(C#N)C2)c2cn[nH]c2c1. The molecular formula is C21H20N4O2. The number of hydrogen-bond acceptors (Lipinski definition) is 4. The van der Waals surface area contributed by atoms with E-state index in [9.17, 15) is 9.90 Å². The van der Waals surface area contributed by atoms with Crippen LogP contribution >= 0.6 is 0 Å². The molecule has 1 saturated heterocycles. The van der Waals surface area contributed by atoms with Crippen molar-refractivity contribution in [1.29, 1.82) is 5.26 Å². The van der Waals surface area contributed by atoms with Gasteiger partial charge in [-0.05, 0) is 53.8 Å². The molecule has 6 heteroatoms. The topological polar surface area (TPSA) is 93.0 Å². The highest BCUT2D eigenvalue weighted by molar-refractivity contribution is 6.08. The second kappa shape index (κ2) is 6.86. The fourth-order valence-electron chi connectivity index (χ4n) is 3.68. The number of aliphatic hydroxyl groups is 1. The number of carbonyl (C=O) groups excluding carboxylic acids is 1. The van der Waals surface area contributed by atoms with Crippen LogP contribution in [0.1, 0.15) is 27.9 Å². The van der Waals surface area contributed by atoms with Crippen LogP contribution in [0.3, 0.4) is 0 Å². The summed E-state index contributed by atoms with van der Waals surface area (Å²) in [4.78, 5) is 14.9. The summed E-state index contributed by atoms with van der Waals surface area (Å²) >= 11 is 0. The van der Waals surface area contributed by atoms with Crippen molar-refractivity contribution in [3.8, 4) is 17.2 Å². The van der Waals surface area contributed by atoms with E-state index in [1.54, 1.807) is 11.1 Å². The van der Waals surface area contributed by atoms with E-state index >= 15 is 0 Å². The maximum absolute atomic E-state index is 13.1. The lowest BCUT2D eigenvalue weighted by molar-refractivity contribution is 0.0792. The third-order valence-electron chi connectivity index (χ3n) is 5.24. The molecule has 1 unspecified atom stereocenters. The number of carbonyl (C=O) groups is 1. The molecule has 1 aromatic heterocycles. The van der Waals surface area contributed by atoms with E-state index in [-0.39, 0.29) is 18.4 Å². The molecule has 6 nitrogen and oxygen atoms in total. The fraction of sp³-hybridized carbons (Fsp3) is 0.286. The van der Waals surface area contributed by atoms with Crippen molar-refractivity contribution in [2.45, 2.75) is 20.0 Å². The molecule has 27 heavy (non-hydrogen) atoms. The Morgan fingerprint density at radius 1 is 1.41 bits per heavy atom. The largest absolute Gasteiger partial charge is 0.392 e. The molecule has 2 N–H and O–H groups in total. The third-order valence-corrected chi connectivity index (χ3v) is 5.24. The van der Waals surface area contributed by atoms with Gasteiger partial charge < -0.3 is 10.0 Å². The first-order chi connectivity index (χ1) is 13.1. The second-order valence-corrected chi connectivity index (χ2v) is 7.03. The standard InChI is InChI=1S/C21H20N4O2/c1-13-2-3-14(12-26)6-17(13)16-7-18(19-10-23-24-20(19)8-16)21(27)25-5-4-15(9-22)11-25/h2-3,6-8,10,15,26H,4-5,11-12H2,1H3,(H,23,24). The number of aliphatic hydroxyl groups excluding tert-OH is 1. The van der Waals surface area contributed by atoms with Crippen LogP contribution in [-0.2, 0) is 6.61 Å². The Kier molecular flexibility index (Phi) is 4.38. The van der Waals surface area contributed by atoms with Gasteiger partial charge in [-0.25, -0.2) is 0 Å². The lowest BCUT2D eigenvalue weighted by Crippen LogP contribution is -2.28. The van der Waals surface area contributed by atoms with Crippen LogP contribution in [0.25, 0.3) is 22.0 Å². The second-order valence-electron chi connectivity index (χ2n) is 7.03. The maximum atomic E-state index is 13.1. The van der Waals surface area contributed by atoms with E-state index in [0.29, 0.717) is 25.1 Å². The van der Waals surface area contributed by atoms with Crippen molar-refractivity contribution >= 4 is 16.8 Å². The number of aromatic amines is 1. The van der Waals surface area contributed by atoms with Crippen LogP contribution in [0.5, 0.6) is 0 Å². The van der Waals surface area contributed by atoms with Gasteiger partial charge in [-0.2, -0.15) is 10.4 Å². The van der Waals surface area contributed by atoms with Gasteiger partial charge in [0.05, 0.1) is 35.9 Å². The Labute approximate surface area is 157 Å². The average molecular weight is 360 g/mol. The number of nitrogens with zero attached hydrogens (tertiary/aromatic N) is 3. The highest BCUT2D eigenvalue weighted by Crippen LogP contribution is 2.31. The Hall–Kier alpha value is -3.17. The molecule has 1 aliphatic heterocycles. The van der Waals surface area contributed by atoms with E-state index in [4.69, 9.17) is 5.26 Å². The molecule has 0 radical (unpaired) electrons. The van der Waals surface area contributed by atoms with Crippen LogP contribution in [0.4, 0.5) is 0 Å². The smallest absolute Gasteiger partial charge is 0.254 e. The number of amides is 1. The molecule has 0 bridgehead atoms. The zero-order chi connectivity index (χ0) is 19.0. The molecule has 0 saturated carbocycles. The van der Waals surface area contributed by atoms with E-state index < -0.39 is 0 Å². The molecule has 0 aliphatic carbocycles. The summed E-state index contributed by atoms with van der Waals surface area (Å²) in [7, 11) is 0. The van der Waals surface area contributed by atoms with E-state index in [1.165, 1.54) is 0 Å². The molecule has 0 spiro atoms. The molecule has 2 aromatic carbocycles. The van der Waals surface area contributed by atoms with E-state index in [0.717, 1.165) is 33.2 Å². The minimum Gasteiger partial charge on any atom is -0.392 e. The number of hydrogen-bond donors (Lipinski definition) is 2. The lowest BCUT2D eigenvalue weighted by Gasteiger charge is -2.17. The molecule has 1 atom stereocenters. The number of aromatic nitrogens is 2. The lowest BCUT2D eigenvalue weighted by atomic mass is 9.95. The zero-order valence-corrected chi connectivity index (χ0v) is 15.1. The van der Waals surface area contributed by atoms with Crippen LogP contribution < -0.4 is 0 Å². The summed E-state index contributed by atoms with van der Waals surface area (Å²) in [6.45, 7) is 3.04. The van der Waals surface area contributed by atoms with Gasteiger partial charge in [0.25, 0.3) is 5.91 Å². The van der Waals surface area contributed by atoms with Crippen molar-refractivity contribution in [2.75, 3.05) is 13.1 Å². The van der Waals surface area contributed by atoms with Gasteiger partial charge in [-0.15, -0.1) is 0 Å². The summed E-state index contributed by atoms with van der Waals surface area (Å²) in [5.41, 5.74) is 5.14. The summed E-state index contributed by atoms with van der Waals surface area (Å²) < 4.78 is 0. The number of likely N-dealkylation sites (tertiary alicyclic amines) is 1. The first-order valence-corrected chi connectivity index (χ1v) is 8.97. The van der Waals surface area contributed by atoms with E-state index in [2.05, 4.69) is 16.3 Å². The molecule has 136 valence electrons. The molecule has 1 aliphatic rings. The zero-order valence-electron chi connectivity index (χ0n) is 15.1. The first-order valence-electron chi connectivity index (χ1n) is 8.97. The Bertz CT molecular complexity index is 1060. The maximum Gasteiger partial charge on any atom is 0.254 e. The summed E-state index contributed by atoms with van der Waals surface area (Å²) in [6, 6.07) is 11.9. The number of fused-ring (bicyclic) bond motifs is 1. The number of benzene rings is 2. The van der Waals surface area contributed by atoms with Crippen LogP contribution in [0.2, 0.25) is 0 Å². The Balaban J connectivity index is 1.81. The predicted molar refractivity (Wildman–Crippen MR) is 102 cm³/mol. The summed E-state index contributed by atoms with van der Waals surface area (Å²) in [6.07, 6.45) is 2.38. The van der Waals surface area contributed by atoms with Gasteiger partial charge in [0.2, 0.25) is 0 Å². The normalized spacial score (nSPS) is 16.6. The average Bonchev–Trinajstić information content (AvgIpc) is 3.36. The first kappa shape index (κ1) is 17.3. The molecule has 4 rings (SSSR count). The predicted octanol–water partition coefficient (Wildman–Crippen LogP) is 3.02. The minimum atomic E-state index is -0.0968. The van der Waals surface area contributed by atoms with Gasteiger partial charge in [-0.1, -0.05) is 12.1 Å². The van der Waals surface area contributed by atoms with Crippen LogP contribution in [0, 0.1) is 24.2 Å². The van der Waals surface area contributed by atoms with Crippen molar-refractivity contribution in [3.05, 3.63) is 53.2 Å². The van der Waals surface area contributed by atoms with Crippen molar-refractivity contribution in [3.63, 3.8) is 0 Å². The molecule has 3 aromatic rings. The number of nitriles is 1. The fourth-order valence-corrected chi connectivity index (χ4v) is 3.68. The molecule has 2 heterocycles. The number of rotatable bonds is 3. The third kappa shape index (κ3) is 3.07. The van der Waals surface area contributed by atoms with Crippen LogP contribution in [-0.4, -0.2) is 39.2 Å². The molecule has 1 fully saturated rings. The van der Waals surface area contributed by atoms with Crippen molar-refractivity contribution in [1.82, 2.24) is 15.1 Å². The van der Waals surface area contributed by atoms with Crippen molar-refractivity contribution in [2.24, 2.45) is 5.92 Å². The quantitative estimate of drug-likeness (QED) is 0.751. The Morgan fingerprint density at radius 3 is 3.00 bits per heavy atom. The number of nitrogens with one attached hydrogen (secondary N) is 1. The summed E-state index contributed by atoms with van der Waals surface area (Å²) in [5.74, 6) is -0.169. The Morgan fingerprint density at radius 2 is 2.26 bits per heavy atom. The van der Waals surface area contributed by atoms with Gasteiger partial charge in [0.15, 0.2) is 0 Å².